The minimum atomic E-state index is -0.852. The summed E-state index contributed by atoms with van der Waals surface area (Å²) < 4.78 is 0. The number of allylic oxidation sites excluding steroid dienone is 7. The molecule has 0 heterocycles. The highest BCUT2D eigenvalue weighted by Gasteiger charge is 2.17. The summed E-state index contributed by atoms with van der Waals surface area (Å²) >= 11 is 0. The zero-order chi connectivity index (χ0) is 36.4. The molecule has 0 spiro atoms. The zero-order valence-electron chi connectivity index (χ0n) is 33.4. The van der Waals surface area contributed by atoms with Crippen molar-refractivity contribution in [1.29, 1.82) is 0 Å². The molecule has 0 aromatic carbocycles. The maximum atomic E-state index is 12.3. The van der Waals surface area contributed by atoms with Crippen molar-refractivity contribution in [3.05, 3.63) is 48.6 Å². The highest BCUT2D eigenvalue weighted by Crippen LogP contribution is 2.16. The first kappa shape index (κ1) is 48.3. The van der Waals surface area contributed by atoms with Crippen molar-refractivity contribution in [3.63, 3.8) is 0 Å². The molecule has 0 aliphatic heterocycles. The molecule has 0 saturated carbocycles. The zero-order valence-corrected chi connectivity index (χ0v) is 33.4. The largest absolute Gasteiger partial charge is 0.394 e. The van der Waals surface area contributed by atoms with E-state index in [1.165, 1.54) is 141 Å². The number of aliphatic hydroxyl groups excluding tert-OH is 2. The van der Waals surface area contributed by atoms with E-state index in [1.807, 2.05) is 6.08 Å². The van der Waals surface area contributed by atoms with Crippen molar-refractivity contribution < 1.29 is 15.0 Å². The summed E-state index contributed by atoms with van der Waals surface area (Å²) in [5.74, 6) is -0.0934. The molecule has 0 saturated heterocycles. The van der Waals surface area contributed by atoms with Gasteiger partial charge in [0.1, 0.15) is 0 Å². The van der Waals surface area contributed by atoms with E-state index in [0.717, 1.165) is 57.8 Å². The molecular weight excluding hydrogens is 615 g/mol. The van der Waals surface area contributed by atoms with Gasteiger partial charge in [-0.15, -0.1) is 0 Å². The number of rotatable bonds is 39. The lowest BCUT2D eigenvalue weighted by molar-refractivity contribution is -0.123. The van der Waals surface area contributed by atoms with Crippen molar-refractivity contribution in [1.82, 2.24) is 5.32 Å². The SMILES string of the molecule is CC/C=C\C/C=C\C/C=C\CCCCCC(=O)NC(CO)C(O)/C=C/CCCCCCCCCCCCCCCCCCCCCCCCC. The first-order chi connectivity index (χ1) is 24.7. The number of nitrogens with one attached hydrogen (secondary N) is 1. The summed E-state index contributed by atoms with van der Waals surface area (Å²) in [6.07, 6.45) is 56.6. The third-order valence-corrected chi connectivity index (χ3v) is 9.82. The van der Waals surface area contributed by atoms with Gasteiger partial charge in [-0.1, -0.05) is 210 Å². The van der Waals surface area contributed by atoms with Crippen LogP contribution in [0, 0.1) is 0 Å². The van der Waals surface area contributed by atoms with Crippen LogP contribution in [0.5, 0.6) is 0 Å². The summed E-state index contributed by atoms with van der Waals surface area (Å²) in [4.78, 5) is 12.3. The lowest BCUT2D eigenvalue weighted by atomic mass is 10.0. The Hall–Kier alpha value is -1.65. The molecule has 0 aliphatic carbocycles. The van der Waals surface area contributed by atoms with Crippen LogP contribution in [0.2, 0.25) is 0 Å². The monoisotopic (exact) mass is 700 g/mol. The van der Waals surface area contributed by atoms with Crippen molar-refractivity contribution in [3.8, 4) is 0 Å². The molecule has 1 amide bonds. The number of amides is 1. The predicted octanol–water partition coefficient (Wildman–Crippen LogP) is 13.6. The second-order valence-electron chi connectivity index (χ2n) is 14.7. The molecule has 0 aromatic rings. The first-order valence-corrected chi connectivity index (χ1v) is 21.9. The van der Waals surface area contributed by atoms with Gasteiger partial charge in [-0.2, -0.15) is 0 Å². The molecule has 50 heavy (non-hydrogen) atoms. The van der Waals surface area contributed by atoms with Crippen molar-refractivity contribution in [2.24, 2.45) is 0 Å². The van der Waals surface area contributed by atoms with Gasteiger partial charge in [0, 0.05) is 6.42 Å². The Morgan fingerprint density at radius 1 is 0.500 bits per heavy atom. The van der Waals surface area contributed by atoms with Gasteiger partial charge in [-0.05, 0) is 51.4 Å². The molecule has 4 nitrogen and oxygen atoms in total. The van der Waals surface area contributed by atoms with Crippen LogP contribution in [-0.4, -0.2) is 34.9 Å². The van der Waals surface area contributed by atoms with Crippen LogP contribution in [0.15, 0.2) is 48.6 Å². The summed E-state index contributed by atoms with van der Waals surface area (Å²) in [7, 11) is 0. The average molecular weight is 700 g/mol. The number of carbonyl (C=O) groups excluding carboxylic acids is 1. The molecular formula is C46H85NO3. The fourth-order valence-corrected chi connectivity index (χ4v) is 6.49. The Morgan fingerprint density at radius 3 is 1.32 bits per heavy atom. The van der Waals surface area contributed by atoms with Gasteiger partial charge in [0.2, 0.25) is 5.91 Å². The Morgan fingerprint density at radius 2 is 0.880 bits per heavy atom. The van der Waals surface area contributed by atoms with Crippen molar-refractivity contribution >= 4 is 5.91 Å². The first-order valence-electron chi connectivity index (χ1n) is 21.9. The standard InChI is InChI=1S/C46H85NO3/c1-3-5-7-9-11-13-15-17-18-19-20-21-22-23-24-25-26-27-28-30-31-33-35-37-39-41-45(49)44(43-48)47-46(50)42-40-38-36-34-32-29-16-14-12-10-8-6-4-2/h6,8,12,14,29,32,39,41,44-45,48-49H,3-5,7,9-11,13,15-28,30-31,33-38,40,42-43H2,1-2H3,(H,47,50)/b8-6-,14-12-,32-29-,41-39+. The van der Waals surface area contributed by atoms with E-state index in [9.17, 15) is 15.0 Å². The topological polar surface area (TPSA) is 69.6 Å². The van der Waals surface area contributed by atoms with E-state index in [1.54, 1.807) is 6.08 Å². The fourth-order valence-electron chi connectivity index (χ4n) is 6.49. The van der Waals surface area contributed by atoms with Gasteiger partial charge in [0.25, 0.3) is 0 Å². The fraction of sp³-hybridized carbons (Fsp3) is 0.804. The molecule has 0 bridgehead atoms. The van der Waals surface area contributed by atoms with Crippen LogP contribution in [0.4, 0.5) is 0 Å². The average Bonchev–Trinajstić information content (AvgIpc) is 3.12. The molecule has 2 unspecified atom stereocenters. The van der Waals surface area contributed by atoms with Gasteiger partial charge in [-0.3, -0.25) is 4.79 Å². The molecule has 0 aliphatic rings. The quantitative estimate of drug-likeness (QED) is 0.0442. The van der Waals surface area contributed by atoms with Crippen LogP contribution >= 0.6 is 0 Å². The third-order valence-electron chi connectivity index (χ3n) is 9.82. The highest BCUT2D eigenvalue weighted by atomic mass is 16.3. The number of hydrogen-bond acceptors (Lipinski definition) is 3. The van der Waals surface area contributed by atoms with Gasteiger partial charge < -0.3 is 15.5 Å². The summed E-state index contributed by atoms with van der Waals surface area (Å²) in [6.45, 7) is 4.18. The molecule has 4 heteroatoms. The highest BCUT2D eigenvalue weighted by molar-refractivity contribution is 5.76. The van der Waals surface area contributed by atoms with E-state index in [4.69, 9.17) is 0 Å². The van der Waals surface area contributed by atoms with E-state index in [0.29, 0.717) is 6.42 Å². The molecule has 0 aromatic heterocycles. The van der Waals surface area contributed by atoms with Crippen LogP contribution in [0.25, 0.3) is 0 Å². The summed E-state index contributed by atoms with van der Waals surface area (Å²) in [5.41, 5.74) is 0. The molecule has 0 rings (SSSR count). The Labute approximate surface area is 312 Å². The number of aliphatic hydroxyl groups is 2. The predicted molar refractivity (Wildman–Crippen MR) is 221 cm³/mol. The minimum absolute atomic E-state index is 0.0934. The lowest BCUT2D eigenvalue weighted by Gasteiger charge is -2.19. The van der Waals surface area contributed by atoms with Crippen LogP contribution in [-0.2, 0) is 4.79 Å². The molecule has 0 fully saturated rings. The Kier molecular flexibility index (Phi) is 40.4. The summed E-state index contributed by atoms with van der Waals surface area (Å²) in [5, 5.41) is 23.0. The Balaban J connectivity index is 3.55. The second kappa shape index (κ2) is 41.8. The van der Waals surface area contributed by atoms with Gasteiger partial charge in [-0.25, -0.2) is 0 Å². The number of hydrogen-bond donors (Lipinski definition) is 3. The minimum Gasteiger partial charge on any atom is -0.394 e. The van der Waals surface area contributed by atoms with Crippen LogP contribution in [0.1, 0.15) is 219 Å². The third kappa shape index (κ3) is 37.6. The van der Waals surface area contributed by atoms with Crippen molar-refractivity contribution in [2.75, 3.05) is 6.61 Å². The second-order valence-corrected chi connectivity index (χ2v) is 14.7. The number of carbonyl (C=O) groups is 1. The molecule has 2 atom stereocenters. The maximum Gasteiger partial charge on any atom is 0.220 e. The summed E-state index contributed by atoms with van der Waals surface area (Å²) in [6, 6.07) is -0.637. The molecule has 3 N–H and O–H groups in total. The Bertz CT molecular complexity index is 801. The molecule has 292 valence electrons. The van der Waals surface area contributed by atoms with E-state index < -0.39 is 12.1 Å². The van der Waals surface area contributed by atoms with E-state index in [-0.39, 0.29) is 12.5 Å². The van der Waals surface area contributed by atoms with Crippen LogP contribution < -0.4 is 5.32 Å². The smallest absolute Gasteiger partial charge is 0.220 e. The van der Waals surface area contributed by atoms with Crippen molar-refractivity contribution in [2.45, 2.75) is 231 Å². The van der Waals surface area contributed by atoms with E-state index >= 15 is 0 Å². The van der Waals surface area contributed by atoms with Gasteiger partial charge >= 0.3 is 0 Å². The lowest BCUT2D eigenvalue weighted by Crippen LogP contribution is -2.45. The van der Waals surface area contributed by atoms with Crippen LogP contribution in [0.3, 0.4) is 0 Å². The van der Waals surface area contributed by atoms with E-state index in [2.05, 4.69) is 55.6 Å². The normalized spacial score (nSPS) is 13.4. The van der Waals surface area contributed by atoms with Gasteiger partial charge in [0.05, 0.1) is 18.8 Å². The maximum absolute atomic E-state index is 12.3. The van der Waals surface area contributed by atoms with Gasteiger partial charge in [0.15, 0.2) is 0 Å². The number of unbranched alkanes of at least 4 members (excludes halogenated alkanes) is 26. The molecule has 0 radical (unpaired) electrons.